The summed E-state index contributed by atoms with van der Waals surface area (Å²) in [6, 6.07) is 27.2. The second-order valence-electron chi connectivity index (χ2n) is 10.5. The van der Waals surface area contributed by atoms with Gasteiger partial charge in [0.15, 0.2) is 0 Å². The molecule has 1 fully saturated rings. The molecule has 0 radical (unpaired) electrons. The molecular formula is C34H42O3. The van der Waals surface area contributed by atoms with E-state index in [1.807, 2.05) is 24.3 Å². The van der Waals surface area contributed by atoms with Gasteiger partial charge >= 0.3 is 0 Å². The fraction of sp³-hybridized carbons (Fsp3) is 0.412. The van der Waals surface area contributed by atoms with Gasteiger partial charge in [-0.05, 0) is 86.5 Å². The van der Waals surface area contributed by atoms with Crippen molar-refractivity contribution in [2.24, 2.45) is 5.92 Å². The molecule has 1 aliphatic carbocycles. The van der Waals surface area contributed by atoms with Crippen molar-refractivity contribution in [3.05, 3.63) is 108 Å². The summed E-state index contributed by atoms with van der Waals surface area (Å²) in [5, 5.41) is 10.7. The molecule has 0 saturated heterocycles. The van der Waals surface area contributed by atoms with Crippen LogP contribution in [0.5, 0.6) is 11.5 Å². The van der Waals surface area contributed by atoms with Crippen LogP contribution >= 0.6 is 0 Å². The van der Waals surface area contributed by atoms with Gasteiger partial charge in [-0.1, -0.05) is 79.2 Å². The number of benzene rings is 3. The Morgan fingerprint density at radius 2 is 1.70 bits per heavy atom. The molecule has 196 valence electrons. The smallest absolute Gasteiger partial charge is 0.126 e. The third kappa shape index (κ3) is 8.23. The molecule has 3 aromatic carbocycles. The van der Waals surface area contributed by atoms with E-state index in [2.05, 4.69) is 74.2 Å². The fourth-order valence-electron chi connectivity index (χ4n) is 5.58. The molecule has 0 amide bonds. The van der Waals surface area contributed by atoms with E-state index in [4.69, 9.17) is 9.47 Å². The second kappa shape index (κ2) is 14.0. The van der Waals surface area contributed by atoms with E-state index in [0.29, 0.717) is 12.5 Å². The minimum atomic E-state index is -0.276. The number of hydrogen-bond donors (Lipinski definition) is 1. The van der Waals surface area contributed by atoms with Crippen molar-refractivity contribution in [3.63, 3.8) is 0 Å². The lowest BCUT2D eigenvalue weighted by molar-refractivity contribution is 0.147. The Kier molecular flexibility index (Phi) is 10.3. The monoisotopic (exact) mass is 498 g/mol. The van der Waals surface area contributed by atoms with Gasteiger partial charge in [-0.2, -0.15) is 0 Å². The largest absolute Gasteiger partial charge is 0.491 e. The Morgan fingerprint density at radius 1 is 0.973 bits per heavy atom. The van der Waals surface area contributed by atoms with Crippen molar-refractivity contribution >= 4 is 0 Å². The second-order valence-corrected chi connectivity index (χ2v) is 10.5. The van der Waals surface area contributed by atoms with Crippen LogP contribution in [0.4, 0.5) is 0 Å². The summed E-state index contributed by atoms with van der Waals surface area (Å²) in [6.07, 6.45) is 9.74. The van der Waals surface area contributed by atoms with Crippen LogP contribution in [0.25, 0.3) is 0 Å². The molecule has 3 aromatic rings. The van der Waals surface area contributed by atoms with Crippen molar-refractivity contribution in [1.82, 2.24) is 0 Å². The van der Waals surface area contributed by atoms with Crippen LogP contribution in [0.15, 0.2) is 91.5 Å². The zero-order valence-electron chi connectivity index (χ0n) is 22.2. The van der Waals surface area contributed by atoms with Crippen LogP contribution in [0.1, 0.15) is 74.5 Å². The molecule has 3 unspecified atom stereocenters. The van der Waals surface area contributed by atoms with Crippen LogP contribution in [0, 0.1) is 5.92 Å². The van der Waals surface area contributed by atoms with Crippen LogP contribution < -0.4 is 9.47 Å². The maximum atomic E-state index is 10.7. The molecular weight excluding hydrogens is 456 g/mol. The Bertz CT molecular complexity index is 1080. The maximum absolute atomic E-state index is 10.7. The highest BCUT2D eigenvalue weighted by atomic mass is 16.5. The zero-order valence-corrected chi connectivity index (χ0v) is 22.2. The molecule has 3 nitrogen and oxygen atoms in total. The van der Waals surface area contributed by atoms with Crippen molar-refractivity contribution in [2.75, 3.05) is 0 Å². The van der Waals surface area contributed by atoms with Gasteiger partial charge in [-0.25, -0.2) is 0 Å². The van der Waals surface area contributed by atoms with E-state index in [9.17, 15) is 5.11 Å². The quantitative estimate of drug-likeness (QED) is 0.202. The van der Waals surface area contributed by atoms with Gasteiger partial charge in [-0.15, -0.1) is 6.58 Å². The molecule has 1 aliphatic rings. The number of aryl methyl sites for hydroxylation is 1. The summed E-state index contributed by atoms with van der Waals surface area (Å²) < 4.78 is 12.8. The molecule has 0 spiro atoms. The zero-order chi connectivity index (χ0) is 25.9. The molecule has 4 rings (SSSR count). The van der Waals surface area contributed by atoms with E-state index in [-0.39, 0.29) is 18.1 Å². The Morgan fingerprint density at radius 3 is 2.43 bits per heavy atom. The SMILES string of the molecule is C=CCC1CCCC(O)CC1c1ccc(O[C@H](C)CCCc2ccccc2)cc1OCc1ccccc1. The van der Waals surface area contributed by atoms with Crippen molar-refractivity contribution in [3.8, 4) is 11.5 Å². The predicted octanol–water partition coefficient (Wildman–Crippen LogP) is 8.27. The number of aliphatic hydroxyl groups excluding tert-OH is 1. The van der Waals surface area contributed by atoms with Gasteiger partial charge in [0.2, 0.25) is 0 Å². The van der Waals surface area contributed by atoms with Gasteiger partial charge in [0.25, 0.3) is 0 Å². The number of allylic oxidation sites excluding steroid dienone is 1. The average Bonchev–Trinajstić information content (AvgIpc) is 3.10. The molecule has 0 bridgehead atoms. The Hall–Kier alpha value is -3.04. The first-order valence-electron chi connectivity index (χ1n) is 13.9. The lowest BCUT2D eigenvalue weighted by Crippen LogP contribution is -2.17. The molecule has 4 atom stereocenters. The summed E-state index contributed by atoms with van der Waals surface area (Å²) in [4.78, 5) is 0. The lowest BCUT2D eigenvalue weighted by atomic mass is 9.80. The summed E-state index contributed by atoms with van der Waals surface area (Å²) in [5.41, 5.74) is 3.68. The van der Waals surface area contributed by atoms with Gasteiger partial charge in [0.05, 0.1) is 12.2 Å². The molecule has 0 aromatic heterocycles. The standard InChI is InChI=1S/C34H42O3/c1-3-12-29-19-11-20-30(35)23-33(29)32-22-21-31(24-34(32)36-25-28-16-8-5-9-17-28)37-26(2)13-10-18-27-14-6-4-7-15-27/h3-9,14-17,21-22,24,26,29-30,33,35H,1,10-13,18-20,23,25H2,2H3/t26-,29?,30?,33?/m1/s1. The first-order chi connectivity index (χ1) is 18.1. The molecule has 0 heterocycles. The molecule has 1 saturated carbocycles. The topological polar surface area (TPSA) is 38.7 Å². The number of rotatable bonds is 12. The summed E-state index contributed by atoms with van der Waals surface area (Å²) in [5.74, 6) is 2.40. The predicted molar refractivity (Wildman–Crippen MR) is 152 cm³/mol. The minimum absolute atomic E-state index is 0.116. The van der Waals surface area contributed by atoms with Gasteiger partial charge in [0, 0.05) is 6.07 Å². The molecule has 1 N–H and O–H groups in total. The molecule has 3 heteroatoms. The van der Waals surface area contributed by atoms with E-state index in [0.717, 1.165) is 68.4 Å². The van der Waals surface area contributed by atoms with E-state index in [1.54, 1.807) is 0 Å². The van der Waals surface area contributed by atoms with Gasteiger partial charge in [0.1, 0.15) is 18.1 Å². The summed E-state index contributed by atoms with van der Waals surface area (Å²) >= 11 is 0. The van der Waals surface area contributed by atoms with Crippen molar-refractivity contribution in [1.29, 1.82) is 0 Å². The number of ether oxygens (including phenoxy) is 2. The van der Waals surface area contributed by atoms with Gasteiger partial charge < -0.3 is 14.6 Å². The lowest BCUT2D eigenvalue weighted by Gasteiger charge is -2.28. The molecule has 0 aliphatic heterocycles. The van der Waals surface area contributed by atoms with Gasteiger partial charge in [-0.3, -0.25) is 0 Å². The van der Waals surface area contributed by atoms with Crippen molar-refractivity contribution < 1.29 is 14.6 Å². The third-order valence-corrected chi connectivity index (χ3v) is 7.55. The molecule has 37 heavy (non-hydrogen) atoms. The van der Waals surface area contributed by atoms with E-state index < -0.39 is 0 Å². The summed E-state index contributed by atoms with van der Waals surface area (Å²) in [6.45, 7) is 6.66. The highest BCUT2D eigenvalue weighted by molar-refractivity contribution is 5.43. The van der Waals surface area contributed by atoms with Crippen LogP contribution in [-0.4, -0.2) is 17.3 Å². The van der Waals surface area contributed by atoms with Crippen LogP contribution in [0.2, 0.25) is 0 Å². The third-order valence-electron chi connectivity index (χ3n) is 7.55. The average molecular weight is 499 g/mol. The first kappa shape index (κ1) is 27.0. The minimum Gasteiger partial charge on any atom is -0.491 e. The number of hydrogen-bond acceptors (Lipinski definition) is 3. The highest BCUT2D eigenvalue weighted by Gasteiger charge is 2.30. The van der Waals surface area contributed by atoms with E-state index >= 15 is 0 Å². The normalized spacial score (nSPS) is 20.5. The number of aliphatic hydroxyl groups is 1. The first-order valence-corrected chi connectivity index (χ1v) is 13.9. The van der Waals surface area contributed by atoms with Crippen LogP contribution in [-0.2, 0) is 13.0 Å². The fourth-order valence-corrected chi connectivity index (χ4v) is 5.58. The summed E-state index contributed by atoms with van der Waals surface area (Å²) in [7, 11) is 0. The van der Waals surface area contributed by atoms with E-state index in [1.165, 1.54) is 11.1 Å². The highest BCUT2D eigenvalue weighted by Crippen LogP contribution is 2.43. The Labute approximate surface area is 223 Å². The Balaban J connectivity index is 1.50. The van der Waals surface area contributed by atoms with Crippen LogP contribution in [0.3, 0.4) is 0 Å². The van der Waals surface area contributed by atoms with Crippen molar-refractivity contribution in [2.45, 2.75) is 83.0 Å². The maximum Gasteiger partial charge on any atom is 0.126 e.